The van der Waals surface area contributed by atoms with Gasteiger partial charge in [-0.05, 0) is 12.8 Å². The largest absolute Gasteiger partial charge is 0.396 e. The van der Waals surface area contributed by atoms with Crippen molar-refractivity contribution in [2.45, 2.75) is 25.8 Å². The van der Waals surface area contributed by atoms with Gasteiger partial charge in [0.05, 0.1) is 0 Å². The average Bonchev–Trinajstić information content (AvgIpc) is 1.98. The lowest BCUT2D eigenvalue weighted by molar-refractivity contribution is 0.263. The summed E-state index contributed by atoms with van der Waals surface area (Å²) in [5.41, 5.74) is 5.30. The van der Waals surface area contributed by atoms with Crippen molar-refractivity contribution in [3.05, 3.63) is 0 Å². The molecule has 1 unspecified atom stereocenters. The Bertz CT molecular complexity index is 68.6. The highest BCUT2D eigenvalue weighted by atomic mass is 16.3. The topological polar surface area (TPSA) is 58.3 Å². The Morgan fingerprint density at radius 1 is 1.60 bits per heavy atom. The molecule has 10 heavy (non-hydrogen) atoms. The highest BCUT2D eigenvalue weighted by Crippen LogP contribution is 1.94. The van der Waals surface area contributed by atoms with Gasteiger partial charge in [0.25, 0.3) is 0 Å². The third-order valence-corrected chi connectivity index (χ3v) is 1.55. The van der Waals surface area contributed by atoms with Crippen LogP contribution in [-0.4, -0.2) is 30.8 Å². The van der Waals surface area contributed by atoms with Gasteiger partial charge in [-0.15, -0.1) is 0 Å². The van der Waals surface area contributed by atoms with Gasteiger partial charge in [-0.1, -0.05) is 6.92 Å². The van der Waals surface area contributed by atoms with Crippen LogP contribution in [0.4, 0.5) is 0 Å². The highest BCUT2D eigenvalue weighted by Gasteiger charge is 2.01. The number of hydrogen-bond donors (Lipinski definition) is 3. The van der Waals surface area contributed by atoms with E-state index in [4.69, 9.17) is 10.8 Å². The summed E-state index contributed by atoms with van der Waals surface area (Å²) in [5, 5.41) is 11.8. The second kappa shape index (κ2) is 6.99. The molecule has 1 atom stereocenters. The van der Waals surface area contributed by atoms with Crippen LogP contribution in [0.25, 0.3) is 0 Å². The van der Waals surface area contributed by atoms with Crippen LogP contribution in [-0.2, 0) is 0 Å². The molecule has 0 radical (unpaired) electrons. The Morgan fingerprint density at radius 3 is 2.70 bits per heavy atom. The Labute approximate surface area is 62.6 Å². The molecule has 4 N–H and O–H groups in total. The maximum Gasteiger partial charge on any atom is 0.0445 e. The Kier molecular flexibility index (Phi) is 6.91. The van der Waals surface area contributed by atoms with Gasteiger partial charge in [-0.3, -0.25) is 0 Å². The molecular weight excluding hydrogens is 128 g/mol. The molecule has 0 bridgehead atoms. The molecule has 0 aromatic rings. The summed E-state index contributed by atoms with van der Waals surface area (Å²) >= 11 is 0. The van der Waals surface area contributed by atoms with Crippen molar-refractivity contribution < 1.29 is 5.11 Å². The van der Waals surface area contributed by atoms with Crippen LogP contribution in [0.2, 0.25) is 0 Å². The predicted molar refractivity (Wildman–Crippen MR) is 42.8 cm³/mol. The molecule has 0 aliphatic heterocycles. The van der Waals surface area contributed by atoms with Gasteiger partial charge in [0, 0.05) is 25.7 Å². The number of nitrogens with one attached hydrogen (secondary N) is 1. The van der Waals surface area contributed by atoms with Crippen molar-refractivity contribution in [2.75, 3.05) is 19.7 Å². The van der Waals surface area contributed by atoms with Gasteiger partial charge in [0.2, 0.25) is 0 Å². The van der Waals surface area contributed by atoms with Gasteiger partial charge in [0.1, 0.15) is 0 Å². The van der Waals surface area contributed by atoms with Crippen molar-refractivity contribution in [3.8, 4) is 0 Å². The molecule has 0 heterocycles. The monoisotopic (exact) mass is 146 g/mol. The maximum atomic E-state index is 8.60. The van der Waals surface area contributed by atoms with E-state index in [9.17, 15) is 0 Å². The van der Waals surface area contributed by atoms with E-state index < -0.39 is 0 Å². The molecule has 3 heteroatoms. The number of nitrogens with two attached hydrogens (primary N) is 1. The summed E-state index contributed by atoms with van der Waals surface area (Å²) in [5.74, 6) is 0. The van der Waals surface area contributed by atoms with Gasteiger partial charge in [0.15, 0.2) is 0 Å². The Hall–Kier alpha value is -0.120. The van der Waals surface area contributed by atoms with Crippen LogP contribution in [0.1, 0.15) is 19.8 Å². The molecule has 0 spiro atoms. The van der Waals surface area contributed by atoms with Crippen LogP contribution < -0.4 is 11.1 Å². The van der Waals surface area contributed by atoms with Crippen molar-refractivity contribution in [1.29, 1.82) is 0 Å². The van der Waals surface area contributed by atoms with E-state index in [0.29, 0.717) is 12.6 Å². The first-order chi connectivity index (χ1) is 4.85. The summed E-state index contributed by atoms with van der Waals surface area (Å²) < 4.78 is 0. The van der Waals surface area contributed by atoms with Crippen molar-refractivity contribution in [2.24, 2.45) is 5.73 Å². The normalized spacial score (nSPS) is 13.5. The number of aliphatic hydroxyl groups is 1. The first-order valence-electron chi connectivity index (χ1n) is 3.89. The minimum atomic E-state index is 0.260. The smallest absolute Gasteiger partial charge is 0.0445 e. The van der Waals surface area contributed by atoms with E-state index in [1.54, 1.807) is 0 Å². The maximum absolute atomic E-state index is 8.60. The summed E-state index contributed by atoms with van der Waals surface area (Å²) in [6, 6.07) is 0.438. The van der Waals surface area contributed by atoms with E-state index in [-0.39, 0.29) is 6.61 Å². The van der Waals surface area contributed by atoms with E-state index >= 15 is 0 Å². The predicted octanol–water partition coefficient (Wildman–Crippen LogP) is -0.304. The molecule has 0 saturated heterocycles. The molecule has 0 aliphatic rings. The van der Waals surface area contributed by atoms with Gasteiger partial charge >= 0.3 is 0 Å². The van der Waals surface area contributed by atoms with Gasteiger partial charge < -0.3 is 16.2 Å². The fourth-order valence-electron chi connectivity index (χ4n) is 0.894. The fourth-order valence-corrected chi connectivity index (χ4v) is 0.894. The molecule has 0 fully saturated rings. The summed E-state index contributed by atoms with van der Waals surface area (Å²) in [6.45, 7) is 3.88. The zero-order valence-corrected chi connectivity index (χ0v) is 6.64. The second-order valence-electron chi connectivity index (χ2n) is 2.36. The molecule has 0 aromatic carbocycles. The lowest BCUT2D eigenvalue weighted by Crippen LogP contribution is -2.33. The number of rotatable bonds is 6. The van der Waals surface area contributed by atoms with E-state index in [2.05, 4.69) is 12.2 Å². The Balaban J connectivity index is 3.21. The molecule has 62 valence electrons. The van der Waals surface area contributed by atoms with Crippen LogP contribution in [0.3, 0.4) is 0 Å². The third kappa shape index (κ3) is 4.73. The highest BCUT2D eigenvalue weighted by molar-refractivity contribution is 4.63. The van der Waals surface area contributed by atoms with Crippen LogP contribution >= 0.6 is 0 Å². The third-order valence-electron chi connectivity index (χ3n) is 1.55. The van der Waals surface area contributed by atoms with Crippen LogP contribution in [0.5, 0.6) is 0 Å². The standard InChI is InChI=1S/C7H18N2O/c1-2-7(3-6-10)9-5-4-8/h7,9-10H,2-6,8H2,1H3. The minimum absolute atomic E-state index is 0.260. The zero-order valence-electron chi connectivity index (χ0n) is 6.64. The lowest BCUT2D eigenvalue weighted by atomic mass is 10.1. The molecule has 0 rings (SSSR count). The number of hydrogen-bond acceptors (Lipinski definition) is 3. The van der Waals surface area contributed by atoms with E-state index in [0.717, 1.165) is 19.4 Å². The molecule has 0 saturated carbocycles. The SMILES string of the molecule is CCC(CCO)NCCN. The van der Waals surface area contributed by atoms with Crippen molar-refractivity contribution in [3.63, 3.8) is 0 Å². The first-order valence-corrected chi connectivity index (χ1v) is 3.89. The van der Waals surface area contributed by atoms with E-state index in [1.165, 1.54) is 0 Å². The summed E-state index contributed by atoms with van der Waals surface area (Å²) in [7, 11) is 0. The van der Waals surface area contributed by atoms with Gasteiger partial charge in [-0.25, -0.2) is 0 Å². The molecule has 0 aromatic heterocycles. The second-order valence-corrected chi connectivity index (χ2v) is 2.36. The number of aliphatic hydroxyl groups excluding tert-OH is 1. The zero-order chi connectivity index (χ0) is 7.82. The van der Waals surface area contributed by atoms with E-state index in [1.807, 2.05) is 0 Å². The molecule has 0 amide bonds. The summed E-state index contributed by atoms with van der Waals surface area (Å²) in [4.78, 5) is 0. The molecular formula is C7H18N2O. The Morgan fingerprint density at radius 2 is 2.30 bits per heavy atom. The van der Waals surface area contributed by atoms with Crippen LogP contribution in [0, 0.1) is 0 Å². The fraction of sp³-hybridized carbons (Fsp3) is 1.00. The quantitative estimate of drug-likeness (QED) is 0.482. The average molecular weight is 146 g/mol. The minimum Gasteiger partial charge on any atom is -0.396 e. The summed E-state index contributed by atoms with van der Waals surface area (Å²) in [6.07, 6.45) is 1.89. The van der Waals surface area contributed by atoms with Crippen LogP contribution in [0.15, 0.2) is 0 Å². The van der Waals surface area contributed by atoms with Crippen molar-refractivity contribution >= 4 is 0 Å². The lowest BCUT2D eigenvalue weighted by Gasteiger charge is -2.14. The molecule has 0 aliphatic carbocycles. The van der Waals surface area contributed by atoms with Crippen molar-refractivity contribution in [1.82, 2.24) is 5.32 Å². The first kappa shape index (κ1) is 9.88. The van der Waals surface area contributed by atoms with Gasteiger partial charge in [-0.2, -0.15) is 0 Å². The molecule has 3 nitrogen and oxygen atoms in total.